The molecule has 0 amide bonds. The second kappa shape index (κ2) is 2.22. The minimum atomic E-state index is -0.603. The lowest BCUT2D eigenvalue weighted by Gasteiger charge is -2.19. The highest BCUT2D eigenvalue weighted by Gasteiger charge is 2.69. The molecule has 3 heteroatoms. The van der Waals surface area contributed by atoms with Gasteiger partial charge in [0.1, 0.15) is 0 Å². The van der Waals surface area contributed by atoms with Gasteiger partial charge < -0.3 is 10.0 Å². The zero-order chi connectivity index (χ0) is 8.93. The summed E-state index contributed by atoms with van der Waals surface area (Å²) in [7, 11) is 0. The van der Waals surface area contributed by atoms with Gasteiger partial charge in [-0.2, -0.15) is 0 Å². The fourth-order valence-electron chi connectivity index (χ4n) is 2.54. The van der Waals surface area contributed by atoms with E-state index in [4.69, 9.17) is 5.11 Å². The lowest BCUT2D eigenvalue weighted by Crippen LogP contribution is -2.30. The van der Waals surface area contributed by atoms with E-state index in [9.17, 15) is 4.79 Å². The molecule has 0 aromatic rings. The van der Waals surface area contributed by atoms with Crippen molar-refractivity contribution in [1.29, 1.82) is 0 Å². The van der Waals surface area contributed by atoms with E-state index in [0.29, 0.717) is 11.8 Å². The summed E-state index contributed by atoms with van der Waals surface area (Å²) in [5, 5.41) is 8.96. The van der Waals surface area contributed by atoms with Crippen LogP contribution in [0.1, 0.15) is 13.8 Å². The zero-order valence-corrected chi connectivity index (χ0v) is 7.58. The Kier molecular flexibility index (Phi) is 1.49. The van der Waals surface area contributed by atoms with Gasteiger partial charge in [-0.3, -0.25) is 4.79 Å². The second-order valence-corrected chi connectivity index (χ2v) is 4.15. The van der Waals surface area contributed by atoms with Gasteiger partial charge in [0.05, 0.1) is 5.41 Å². The average Bonchev–Trinajstić information content (AvgIpc) is 2.51. The maximum absolute atomic E-state index is 10.9. The number of carbonyl (C=O) groups is 1. The van der Waals surface area contributed by atoms with Crippen LogP contribution in [0.15, 0.2) is 0 Å². The van der Waals surface area contributed by atoms with Crippen molar-refractivity contribution >= 4 is 5.97 Å². The number of carboxylic acid groups (broad SMARTS) is 1. The van der Waals surface area contributed by atoms with Crippen molar-refractivity contribution in [3.63, 3.8) is 0 Å². The lowest BCUT2D eigenvalue weighted by atomic mass is 10.0. The van der Waals surface area contributed by atoms with Gasteiger partial charge in [0, 0.05) is 13.1 Å². The molecule has 68 valence electrons. The van der Waals surface area contributed by atoms with Crippen molar-refractivity contribution in [1.82, 2.24) is 4.90 Å². The molecule has 1 saturated carbocycles. The number of fused-ring (bicyclic) bond motifs is 1. The van der Waals surface area contributed by atoms with Crippen LogP contribution < -0.4 is 0 Å². The molecular formula is C9H15NO2. The van der Waals surface area contributed by atoms with Gasteiger partial charge in [0.2, 0.25) is 0 Å². The van der Waals surface area contributed by atoms with Gasteiger partial charge in [-0.15, -0.1) is 0 Å². The number of aliphatic carboxylic acids is 1. The molecule has 1 aliphatic carbocycles. The van der Waals surface area contributed by atoms with Crippen molar-refractivity contribution in [2.45, 2.75) is 13.8 Å². The van der Waals surface area contributed by atoms with E-state index in [1.807, 2.05) is 6.92 Å². The standard InChI is InChI=1S/C9H15NO2/c1-3-10-4-6-7(5-10)9(6,2)8(11)12/h6-7H,3-5H2,1-2H3,(H,11,12). The first kappa shape index (κ1) is 8.05. The van der Waals surface area contributed by atoms with Crippen LogP contribution in [0.4, 0.5) is 0 Å². The molecule has 1 saturated heterocycles. The van der Waals surface area contributed by atoms with Gasteiger partial charge in [-0.25, -0.2) is 0 Å². The van der Waals surface area contributed by atoms with E-state index in [-0.39, 0.29) is 5.41 Å². The average molecular weight is 169 g/mol. The number of rotatable bonds is 2. The van der Waals surface area contributed by atoms with E-state index in [0.717, 1.165) is 19.6 Å². The van der Waals surface area contributed by atoms with Crippen LogP contribution in [0.25, 0.3) is 0 Å². The molecular weight excluding hydrogens is 154 g/mol. The first-order valence-electron chi connectivity index (χ1n) is 4.56. The Labute approximate surface area is 72.4 Å². The number of carboxylic acids is 1. The molecule has 1 heterocycles. The molecule has 0 spiro atoms. The fraction of sp³-hybridized carbons (Fsp3) is 0.889. The quantitative estimate of drug-likeness (QED) is 0.660. The van der Waals surface area contributed by atoms with Crippen LogP contribution in [0, 0.1) is 17.3 Å². The third kappa shape index (κ3) is 0.774. The normalized spacial score (nSPS) is 45.8. The first-order valence-corrected chi connectivity index (χ1v) is 4.56. The highest BCUT2D eigenvalue weighted by molar-refractivity contribution is 5.79. The van der Waals surface area contributed by atoms with E-state index in [2.05, 4.69) is 11.8 Å². The molecule has 0 radical (unpaired) electrons. The predicted octanol–water partition coefficient (Wildman–Crippen LogP) is 0.659. The summed E-state index contributed by atoms with van der Waals surface area (Å²) < 4.78 is 0. The van der Waals surface area contributed by atoms with Gasteiger partial charge in [0.15, 0.2) is 0 Å². The van der Waals surface area contributed by atoms with E-state index in [1.54, 1.807) is 0 Å². The molecule has 1 N–H and O–H groups in total. The van der Waals surface area contributed by atoms with Crippen LogP contribution in [0.2, 0.25) is 0 Å². The molecule has 1 aliphatic heterocycles. The molecule has 0 aromatic carbocycles. The van der Waals surface area contributed by atoms with Gasteiger partial charge in [-0.1, -0.05) is 6.92 Å². The topological polar surface area (TPSA) is 40.5 Å². The van der Waals surface area contributed by atoms with Crippen molar-refractivity contribution in [2.24, 2.45) is 17.3 Å². The molecule has 0 aromatic heterocycles. The Morgan fingerprint density at radius 1 is 1.58 bits per heavy atom. The van der Waals surface area contributed by atoms with Crippen LogP contribution in [0.3, 0.4) is 0 Å². The van der Waals surface area contributed by atoms with Crippen molar-refractivity contribution < 1.29 is 9.90 Å². The zero-order valence-electron chi connectivity index (χ0n) is 7.58. The molecule has 2 rings (SSSR count). The smallest absolute Gasteiger partial charge is 0.310 e. The molecule has 12 heavy (non-hydrogen) atoms. The van der Waals surface area contributed by atoms with Crippen molar-refractivity contribution in [2.75, 3.05) is 19.6 Å². The Morgan fingerprint density at radius 3 is 2.42 bits per heavy atom. The summed E-state index contributed by atoms with van der Waals surface area (Å²) in [6.07, 6.45) is 0. The van der Waals surface area contributed by atoms with E-state index in [1.165, 1.54) is 0 Å². The molecule has 3 nitrogen and oxygen atoms in total. The van der Waals surface area contributed by atoms with E-state index < -0.39 is 5.97 Å². The van der Waals surface area contributed by atoms with Crippen molar-refractivity contribution in [3.8, 4) is 0 Å². The monoisotopic (exact) mass is 169 g/mol. The summed E-state index contributed by atoms with van der Waals surface area (Å²) >= 11 is 0. The van der Waals surface area contributed by atoms with Crippen LogP contribution in [-0.4, -0.2) is 35.6 Å². The lowest BCUT2D eigenvalue weighted by molar-refractivity contribution is -0.144. The first-order chi connectivity index (χ1) is 5.60. The van der Waals surface area contributed by atoms with Gasteiger partial charge in [-0.05, 0) is 25.3 Å². The maximum atomic E-state index is 10.9. The largest absolute Gasteiger partial charge is 0.481 e. The molecule has 2 unspecified atom stereocenters. The molecule has 2 atom stereocenters. The Morgan fingerprint density at radius 2 is 2.08 bits per heavy atom. The second-order valence-electron chi connectivity index (χ2n) is 4.15. The highest BCUT2D eigenvalue weighted by Crippen LogP contribution is 2.62. The van der Waals surface area contributed by atoms with Gasteiger partial charge >= 0.3 is 5.97 Å². The summed E-state index contributed by atoms with van der Waals surface area (Å²) in [4.78, 5) is 13.2. The molecule has 0 bridgehead atoms. The number of likely N-dealkylation sites (tertiary alicyclic amines) is 1. The summed E-state index contributed by atoms with van der Waals surface area (Å²) in [6.45, 7) is 7.05. The number of piperidine rings is 1. The number of nitrogens with zero attached hydrogens (tertiary/aromatic N) is 1. The van der Waals surface area contributed by atoms with E-state index >= 15 is 0 Å². The summed E-state index contributed by atoms with van der Waals surface area (Å²) in [5.74, 6) is 0.248. The fourth-order valence-corrected chi connectivity index (χ4v) is 2.54. The Balaban J connectivity index is 2.03. The molecule has 2 aliphatic rings. The maximum Gasteiger partial charge on any atom is 0.310 e. The predicted molar refractivity (Wildman–Crippen MR) is 44.8 cm³/mol. The number of hydrogen-bond donors (Lipinski definition) is 1. The minimum absolute atomic E-state index is 0.383. The minimum Gasteiger partial charge on any atom is -0.481 e. The van der Waals surface area contributed by atoms with Crippen LogP contribution in [0.5, 0.6) is 0 Å². The third-order valence-electron chi connectivity index (χ3n) is 3.73. The summed E-state index contributed by atoms with van der Waals surface area (Å²) in [5.41, 5.74) is -0.383. The highest BCUT2D eigenvalue weighted by atomic mass is 16.4. The molecule has 2 fully saturated rings. The summed E-state index contributed by atoms with van der Waals surface area (Å²) in [6, 6.07) is 0. The van der Waals surface area contributed by atoms with Gasteiger partial charge in [0.25, 0.3) is 0 Å². The van der Waals surface area contributed by atoms with Crippen molar-refractivity contribution in [3.05, 3.63) is 0 Å². The number of hydrogen-bond acceptors (Lipinski definition) is 2. The SMILES string of the molecule is CCN1CC2C(C1)C2(C)C(=O)O. The van der Waals surface area contributed by atoms with Crippen LogP contribution in [-0.2, 0) is 4.79 Å². The third-order valence-corrected chi connectivity index (χ3v) is 3.73. The Hall–Kier alpha value is -0.570. The Bertz CT molecular complexity index is 215. The van der Waals surface area contributed by atoms with Crippen LogP contribution >= 0.6 is 0 Å².